The summed E-state index contributed by atoms with van der Waals surface area (Å²) in [6.07, 6.45) is 0.307. The molecular formula is C19H20N2O3S. The Bertz CT molecular complexity index is 779. The number of hydrogen-bond donors (Lipinski definition) is 1. The first-order chi connectivity index (χ1) is 12.1. The molecule has 0 saturated carbocycles. The molecule has 1 aliphatic rings. The van der Waals surface area contributed by atoms with Gasteiger partial charge in [-0.1, -0.05) is 18.2 Å². The second-order valence-electron chi connectivity index (χ2n) is 5.81. The maximum Gasteiger partial charge on any atom is 0.306 e. The first-order valence-electron chi connectivity index (χ1n) is 8.00. The van der Waals surface area contributed by atoms with E-state index >= 15 is 0 Å². The van der Waals surface area contributed by atoms with Crippen molar-refractivity contribution < 1.29 is 14.3 Å². The Labute approximate surface area is 152 Å². The number of anilines is 2. The van der Waals surface area contributed by atoms with Gasteiger partial charge >= 0.3 is 5.97 Å². The molecule has 6 heteroatoms. The number of ether oxygens (including phenoxy) is 2. The number of fused-ring (bicyclic) bond motifs is 1. The molecule has 5 nitrogen and oxygen atoms in total. The quantitative estimate of drug-likeness (QED) is 0.668. The molecule has 2 aromatic carbocycles. The van der Waals surface area contributed by atoms with Crippen molar-refractivity contribution in [3.8, 4) is 5.75 Å². The van der Waals surface area contributed by atoms with Crippen LogP contribution in [0, 0.1) is 0 Å². The van der Waals surface area contributed by atoms with Gasteiger partial charge in [-0.2, -0.15) is 0 Å². The topological polar surface area (TPSA) is 50.8 Å². The summed E-state index contributed by atoms with van der Waals surface area (Å²) in [4.78, 5) is 13.8. The molecule has 25 heavy (non-hydrogen) atoms. The average molecular weight is 356 g/mol. The van der Waals surface area contributed by atoms with Gasteiger partial charge in [-0.3, -0.25) is 4.79 Å². The zero-order valence-corrected chi connectivity index (χ0v) is 15.0. The van der Waals surface area contributed by atoms with Crippen molar-refractivity contribution in [2.75, 3.05) is 31.0 Å². The van der Waals surface area contributed by atoms with E-state index in [4.69, 9.17) is 21.7 Å². The van der Waals surface area contributed by atoms with Crippen LogP contribution in [0.1, 0.15) is 17.9 Å². The number of nitrogens with zero attached hydrogens (tertiary/aromatic N) is 1. The van der Waals surface area contributed by atoms with E-state index in [1.165, 1.54) is 7.11 Å². The van der Waals surface area contributed by atoms with Crippen LogP contribution in [0.3, 0.4) is 0 Å². The molecule has 1 N–H and O–H groups in total. The van der Waals surface area contributed by atoms with Crippen molar-refractivity contribution in [2.24, 2.45) is 0 Å². The Morgan fingerprint density at radius 3 is 2.68 bits per heavy atom. The zero-order valence-electron chi connectivity index (χ0n) is 14.2. The third-order valence-electron chi connectivity index (χ3n) is 4.28. The summed E-state index contributed by atoms with van der Waals surface area (Å²) >= 11 is 5.60. The van der Waals surface area contributed by atoms with Crippen LogP contribution in [0.5, 0.6) is 5.75 Å². The van der Waals surface area contributed by atoms with Gasteiger partial charge in [0.05, 0.1) is 20.6 Å². The summed E-state index contributed by atoms with van der Waals surface area (Å²) in [5, 5.41) is 3.85. The Balaban J connectivity index is 1.86. The molecule has 0 spiro atoms. The third-order valence-corrected chi connectivity index (χ3v) is 4.60. The van der Waals surface area contributed by atoms with Crippen molar-refractivity contribution in [1.29, 1.82) is 0 Å². The Hall–Kier alpha value is -2.60. The predicted octanol–water partition coefficient (Wildman–Crippen LogP) is 3.56. The summed E-state index contributed by atoms with van der Waals surface area (Å²) in [6, 6.07) is 15.6. The van der Waals surface area contributed by atoms with Crippen LogP contribution in [-0.2, 0) is 9.53 Å². The van der Waals surface area contributed by atoms with Crippen molar-refractivity contribution in [1.82, 2.24) is 0 Å². The summed E-state index contributed by atoms with van der Waals surface area (Å²) in [7, 11) is 3.04. The van der Waals surface area contributed by atoms with Crippen molar-refractivity contribution in [3.63, 3.8) is 0 Å². The molecule has 0 fully saturated rings. The SMILES string of the molecule is COC(=O)CC1CN(C(=S)Nc2ccccc2)c2ccc(OC)cc21. The minimum atomic E-state index is -0.234. The van der Waals surface area contributed by atoms with E-state index < -0.39 is 0 Å². The average Bonchev–Trinajstić information content (AvgIpc) is 3.00. The molecule has 1 aliphatic heterocycles. The fourth-order valence-electron chi connectivity index (χ4n) is 3.01. The second-order valence-corrected chi connectivity index (χ2v) is 6.20. The number of nitrogens with one attached hydrogen (secondary N) is 1. The van der Waals surface area contributed by atoms with E-state index in [1.807, 2.05) is 53.4 Å². The summed E-state index contributed by atoms with van der Waals surface area (Å²) in [5.74, 6) is 0.535. The van der Waals surface area contributed by atoms with Gasteiger partial charge in [0, 0.05) is 23.8 Å². The molecule has 0 amide bonds. The number of benzene rings is 2. The highest BCUT2D eigenvalue weighted by molar-refractivity contribution is 7.80. The van der Waals surface area contributed by atoms with E-state index in [-0.39, 0.29) is 11.9 Å². The highest BCUT2D eigenvalue weighted by atomic mass is 32.1. The molecule has 0 aromatic heterocycles. The monoisotopic (exact) mass is 356 g/mol. The number of thiocarbonyl (C=S) groups is 1. The Morgan fingerprint density at radius 2 is 2.00 bits per heavy atom. The van der Waals surface area contributed by atoms with E-state index in [0.29, 0.717) is 18.1 Å². The number of rotatable bonds is 4. The van der Waals surface area contributed by atoms with Gasteiger partial charge in [0.1, 0.15) is 5.75 Å². The van der Waals surface area contributed by atoms with E-state index in [0.717, 1.165) is 22.7 Å². The van der Waals surface area contributed by atoms with Gasteiger partial charge < -0.3 is 19.7 Å². The predicted molar refractivity (Wildman–Crippen MR) is 102 cm³/mol. The molecule has 0 aliphatic carbocycles. The summed E-state index contributed by atoms with van der Waals surface area (Å²) < 4.78 is 10.2. The summed E-state index contributed by atoms with van der Waals surface area (Å²) in [5.41, 5.74) is 2.96. The molecule has 0 bridgehead atoms. The number of carbonyl (C=O) groups is 1. The van der Waals surface area contributed by atoms with Gasteiger partial charge in [-0.05, 0) is 48.1 Å². The largest absolute Gasteiger partial charge is 0.497 e. The van der Waals surface area contributed by atoms with Crippen molar-refractivity contribution in [2.45, 2.75) is 12.3 Å². The molecular weight excluding hydrogens is 336 g/mol. The second kappa shape index (κ2) is 7.53. The summed E-state index contributed by atoms with van der Waals surface area (Å²) in [6.45, 7) is 0.621. The van der Waals surface area contributed by atoms with E-state index in [1.54, 1.807) is 7.11 Å². The number of carbonyl (C=O) groups excluding carboxylic acids is 1. The maximum atomic E-state index is 11.8. The highest BCUT2D eigenvalue weighted by Crippen LogP contribution is 2.40. The molecule has 3 rings (SSSR count). The van der Waals surface area contributed by atoms with E-state index in [2.05, 4.69) is 5.32 Å². The molecule has 0 saturated heterocycles. The highest BCUT2D eigenvalue weighted by Gasteiger charge is 2.33. The van der Waals surface area contributed by atoms with Gasteiger partial charge in [-0.15, -0.1) is 0 Å². The molecule has 0 radical (unpaired) electrons. The Kier molecular flexibility index (Phi) is 5.19. The Morgan fingerprint density at radius 1 is 1.24 bits per heavy atom. The van der Waals surface area contributed by atoms with Crippen LogP contribution in [-0.4, -0.2) is 31.8 Å². The maximum absolute atomic E-state index is 11.8. The van der Waals surface area contributed by atoms with Crippen LogP contribution in [0.4, 0.5) is 11.4 Å². The molecule has 1 unspecified atom stereocenters. The van der Waals surface area contributed by atoms with Crippen LogP contribution >= 0.6 is 12.2 Å². The minimum Gasteiger partial charge on any atom is -0.497 e. The smallest absolute Gasteiger partial charge is 0.306 e. The normalized spacial score (nSPS) is 15.4. The number of para-hydroxylation sites is 1. The van der Waals surface area contributed by atoms with E-state index in [9.17, 15) is 4.79 Å². The molecule has 1 atom stereocenters. The van der Waals surface area contributed by atoms with Gasteiger partial charge in [0.15, 0.2) is 5.11 Å². The van der Waals surface area contributed by atoms with Crippen molar-refractivity contribution in [3.05, 3.63) is 54.1 Å². The standard InChI is InChI=1S/C19H20N2O3S/c1-23-15-8-9-17-16(11-15)13(10-18(22)24-2)12-21(17)19(25)20-14-6-4-3-5-7-14/h3-9,11,13H,10,12H2,1-2H3,(H,20,25). The fourth-order valence-corrected chi connectivity index (χ4v) is 3.30. The van der Waals surface area contributed by atoms with Crippen LogP contribution < -0.4 is 15.0 Å². The number of esters is 1. The minimum absolute atomic E-state index is 0.00748. The van der Waals surface area contributed by atoms with Gasteiger partial charge in [0.25, 0.3) is 0 Å². The fraction of sp³-hybridized carbons (Fsp3) is 0.263. The molecule has 1 heterocycles. The van der Waals surface area contributed by atoms with Gasteiger partial charge in [-0.25, -0.2) is 0 Å². The molecule has 2 aromatic rings. The lowest BCUT2D eigenvalue weighted by Crippen LogP contribution is -2.34. The van der Waals surface area contributed by atoms with Gasteiger partial charge in [0.2, 0.25) is 0 Å². The van der Waals surface area contributed by atoms with Crippen LogP contribution in [0.25, 0.3) is 0 Å². The number of hydrogen-bond acceptors (Lipinski definition) is 4. The lowest BCUT2D eigenvalue weighted by molar-refractivity contribution is -0.140. The number of methoxy groups -OCH3 is 2. The van der Waals surface area contributed by atoms with Crippen molar-refractivity contribution >= 4 is 34.7 Å². The molecule has 130 valence electrons. The zero-order chi connectivity index (χ0) is 17.8. The lowest BCUT2D eigenvalue weighted by atomic mass is 9.98. The first-order valence-corrected chi connectivity index (χ1v) is 8.41. The van der Waals surface area contributed by atoms with Crippen LogP contribution in [0.2, 0.25) is 0 Å². The van der Waals surface area contributed by atoms with Crippen LogP contribution in [0.15, 0.2) is 48.5 Å². The third kappa shape index (κ3) is 3.74. The lowest BCUT2D eigenvalue weighted by Gasteiger charge is -2.22. The first kappa shape index (κ1) is 17.2.